The quantitative estimate of drug-likeness (QED) is 0.100. The largest absolute Gasteiger partial charge is 0.305 e. The van der Waals surface area contributed by atoms with Gasteiger partial charge in [-0.3, -0.25) is 0 Å². The first kappa shape index (κ1) is 29.6. The fourth-order valence-corrected chi connectivity index (χ4v) is 6.94. The van der Waals surface area contributed by atoms with Crippen LogP contribution in [-0.2, 0) is 20.1 Å². The van der Waals surface area contributed by atoms with Crippen molar-refractivity contribution < 1.29 is 24.2 Å². The molecule has 6 aromatic carbocycles. The minimum absolute atomic E-state index is 0. The Labute approximate surface area is 302 Å². The minimum atomic E-state index is -1.38. The van der Waals surface area contributed by atoms with E-state index in [-0.39, 0.29) is 32.2 Å². The Morgan fingerprint density at radius 1 is 0.625 bits per heavy atom. The smallest absolute Gasteiger partial charge is 0.0795 e. The molecule has 4 heteroatoms. The predicted octanol–water partition coefficient (Wildman–Crippen LogP) is 11.4. The molecule has 239 valence electrons. The van der Waals surface area contributed by atoms with Crippen LogP contribution in [0.1, 0.15) is 29.4 Å². The van der Waals surface area contributed by atoms with Crippen LogP contribution in [-0.4, -0.2) is 18.0 Å². The molecule has 2 heterocycles. The van der Waals surface area contributed by atoms with E-state index in [1.807, 2.05) is 80.7 Å². The molecule has 0 aliphatic carbocycles. The van der Waals surface area contributed by atoms with Gasteiger partial charge in [0.1, 0.15) is 0 Å². The maximum absolute atomic E-state index is 8.43. The van der Waals surface area contributed by atoms with Crippen LogP contribution in [0.3, 0.4) is 0 Å². The maximum atomic E-state index is 8.43. The van der Waals surface area contributed by atoms with Crippen molar-refractivity contribution in [2.24, 2.45) is 0 Å². The van der Waals surface area contributed by atoms with Crippen molar-refractivity contribution in [3.63, 3.8) is 0 Å². The average Bonchev–Trinajstić information content (AvgIpc) is 3.13. The zero-order chi connectivity index (χ0) is 35.2. The van der Waals surface area contributed by atoms with E-state index >= 15 is 0 Å². The molecular weight excluding hydrogens is 777 g/mol. The fourth-order valence-electron chi connectivity index (χ4n) is 5.91. The van der Waals surface area contributed by atoms with Gasteiger partial charge in [-0.15, -0.1) is 58.3 Å². The van der Waals surface area contributed by atoms with Crippen LogP contribution >= 0.6 is 0 Å². The maximum Gasteiger partial charge on any atom is 0.0795 e. The third-order valence-electron chi connectivity index (χ3n) is 8.69. The van der Waals surface area contributed by atoms with E-state index in [4.69, 9.17) is 4.11 Å². The third kappa shape index (κ3) is 6.89. The van der Waals surface area contributed by atoms with Gasteiger partial charge in [-0.05, 0) is 39.3 Å². The van der Waals surface area contributed by atoms with Gasteiger partial charge in [0.05, 0.1) is 10.8 Å². The number of hydrogen-bond acceptors (Lipinski definition) is 2. The second-order valence-electron chi connectivity index (χ2n) is 13.2. The van der Waals surface area contributed by atoms with Gasteiger partial charge in [0, 0.05) is 33.9 Å². The van der Waals surface area contributed by atoms with Crippen molar-refractivity contribution >= 4 is 56.4 Å². The summed E-state index contributed by atoms with van der Waals surface area (Å²) < 4.78 is 25.0. The van der Waals surface area contributed by atoms with Crippen molar-refractivity contribution in [2.45, 2.75) is 39.4 Å². The van der Waals surface area contributed by atoms with E-state index in [1.54, 1.807) is 6.20 Å². The molecule has 0 unspecified atom stereocenters. The molecule has 2 nitrogen and oxygen atoms in total. The summed E-state index contributed by atoms with van der Waals surface area (Å²) in [7, 11) is -1.38. The summed E-state index contributed by atoms with van der Waals surface area (Å²) in [5.74, 6) is -0.634. The Morgan fingerprint density at radius 2 is 1.23 bits per heavy atom. The Bertz CT molecular complexity index is 2540. The minimum Gasteiger partial charge on any atom is -0.305 e. The topological polar surface area (TPSA) is 25.8 Å². The van der Waals surface area contributed by atoms with Crippen LogP contribution in [0.2, 0.25) is 19.6 Å². The van der Waals surface area contributed by atoms with Gasteiger partial charge < -0.3 is 9.97 Å². The van der Waals surface area contributed by atoms with Gasteiger partial charge in [0.25, 0.3) is 0 Å². The van der Waals surface area contributed by atoms with Crippen molar-refractivity contribution in [3.05, 3.63) is 151 Å². The Kier molecular flexibility index (Phi) is 8.61. The second-order valence-corrected chi connectivity index (χ2v) is 18.3. The predicted molar refractivity (Wildman–Crippen MR) is 204 cm³/mol. The first-order valence-electron chi connectivity index (χ1n) is 17.5. The molecule has 48 heavy (non-hydrogen) atoms. The van der Waals surface area contributed by atoms with E-state index in [2.05, 4.69) is 90.3 Å². The molecule has 1 radical (unpaired) electrons. The molecule has 8 aromatic rings. The van der Waals surface area contributed by atoms with Crippen LogP contribution in [0, 0.1) is 12.1 Å². The number of aromatic nitrogens is 2. The van der Waals surface area contributed by atoms with Crippen LogP contribution in [0.25, 0.3) is 65.6 Å². The molecule has 0 amide bonds. The van der Waals surface area contributed by atoms with Crippen molar-refractivity contribution in [1.82, 2.24) is 9.97 Å². The van der Waals surface area contributed by atoms with Gasteiger partial charge >= 0.3 is 0 Å². The normalized spacial score (nSPS) is 12.6. The molecule has 2 aromatic heterocycles. The molecule has 0 atom stereocenters. The van der Waals surface area contributed by atoms with E-state index < -0.39 is 14.0 Å². The van der Waals surface area contributed by atoms with Crippen LogP contribution in [0.4, 0.5) is 0 Å². The van der Waals surface area contributed by atoms with Gasteiger partial charge in [0.15, 0.2) is 0 Å². The van der Waals surface area contributed by atoms with E-state index in [0.29, 0.717) is 0 Å². The summed E-state index contributed by atoms with van der Waals surface area (Å²) >= 11 is 0. The van der Waals surface area contributed by atoms with Gasteiger partial charge in [-0.25, -0.2) is 0 Å². The van der Waals surface area contributed by atoms with Gasteiger partial charge in [-0.2, -0.15) is 0 Å². The Balaban J connectivity index is 0.000000173. The molecule has 0 saturated carbocycles. The monoisotopic (exact) mass is 818 g/mol. The molecule has 0 bridgehead atoms. The third-order valence-corrected chi connectivity index (χ3v) is 10.7. The summed E-state index contributed by atoms with van der Waals surface area (Å²) in [4.78, 5) is 9.11. The molecule has 0 N–H and O–H groups in total. The van der Waals surface area contributed by atoms with Gasteiger partial charge in [0.2, 0.25) is 0 Å². The average molecular weight is 818 g/mol. The molecule has 8 rings (SSSR count). The summed E-state index contributed by atoms with van der Waals surface area (Å²) in [5.41, 5.74) is 4.50. The molecule has 0 aliphatic heterocycles. The fraction of sp³-hybridized carbons (Fsp3) is 0.136. The summed E-state index contributed by atoms with van der Waals surface area (Å²) in [6.07, 6.45) is 3.75. The summed E-state index contributed by atoms with van der Waals surface area (Å²) in [6, 6.07) is 43.9. The number of pyridine rings is 2. The van der Waals surface area contributed by atoms with E-state index in [1.165, 1.54) is 26.7 Å². The van der Waals surface area contributed by atoms with Gasteiger partial charge in [-0.1, -0.05) is 152 Å². The van der Waals surface area contributed by atoms with Crippen LogP contribution in [0.5, 0.6) is 0 Å². The molecular formula is C44H38IrN2Si-2. The van der Waals surface area contributed by atoms with Crippen molar-refractivity contribution in [3.8, 4) is 22.5 Å². The summed E-state index contributed by atoms with van der Waals surface area (Å²) in [5, 5.41) is 9.73. The number of benzene rings is 6. The van der Waals surface area contributed by atoms with Crippen LogP contribution in [0.15, 0.2) is 134 Å². The SMILES string of the molecule is [2H]C(C)(C)c1ccnc(-c2[c-]cc3c(ccc4ccccc43)c2)c1.[2H]c1c([2H])c2ccccc2c2c[c-]c(-c3ccc([Si](C)(C)C)cn3)cc12.[Ir]. The van der Waals surface area contributed by atoms with E-state index in [9.17, 15) is 0 Å². The molecule has 0 aliphatic rings. The summed E-state index contributed by atoms with van der Waals surface area (Å²) in [6.45, 7) is 10.7. The zero-order valence-corrected chi connectivity index (χ0v) is 31.2. The van der Waals surface area contributed by atoms with Crippen molar-refractivity contribution in [1.29, 1.82) is 0 Å². The molecule has 0 spiro atoms. The Hall–Kier alpha value is -4.47. The van der Waals surface area contributed by atoms with Crippen molar-refractivity contribution in [2.75, 3.05) is 0 Å². The standard InChI is InChI=1S/C22H20NSi.C22H18N.Ir/c1-24(2,3)19-11-13-22(23-15-19)18-10-12-21-17(14-18)9-8-16-6-4-5-7-20(16)21;1-15(2)17-11-12-23-22(14-17)19-9-10-21-18(13-19)8-7-16-5-3-4-6-20(16)21;/h4-9,11-15H,1-3H3;3-8,10-15H,1-2H3;/q2*-1;/i8D,9D;15D;. The number of fused-ring (bicyclic) bond motifs is 6. The Morgan fingerprint density at radius 3 is 1.92 bits per heavy atom. The second kappa shape index (κ2) is 13.9. The molecule has 0 fully saturated rings. The first-order chi connectivity index (χ1) is 23.9. The number of nitrogens with zero attached hydrogens (tertiary/aromatic N) is 2. The van der Waals surface area contributed by atoms with Crippen LogP contribution < -0.4 is 5.19 Å². The zero-order valence-electron chi connectivity index (χ0n) is 30.8. The number of rotatable bonds is 4. The molecule has 0 saturated heterocycles. The van der Waals surface area contributed by atoms with E-state index in [0.717, 1.165) is 49.6 Å². The number of hydrogen-bond donors (Lipinski definition) is 0. The first-order valence-corrected chi connectivity index (χ1v) is 19.5.